The summed E-state index contributed by atoms with van der Waals surface area (Å²) in [5, 5.41) is 1.82. The van der Waals surface area contributed by atoms with Crippen LogP contribution in [0.2, 0.25) is 0 Å². The molecule has 1 unspecified atom stereocenters. The maximum absolute atomic E-state index is 12.4. The van der Waals surface area contributed by atoms with E-state index in [4.69, 9.17) is 0 Å². The van der Waals surface area contributed by atoms with E-state index in [1.165, 1.54) is 11.3 Å². The van der Waals surface area contributed by atoms with E-state index in [-0.39, 0.29) is 6.04 Å². The van der Waals surface area contributed by atoms with Crippen molar-refractivity contribution >= 4 is 21.4 Å². The van der Waals surface area contributed by atoms with Crippen molar-refractivity contribution in [2.45, 2.75) is 42.9 Å². The van der Waals surface area contributed by atoms with Gasteiger partial charge < -0.3 is 0 Å². The lowest BCUT2D eigenvalue weighted by Crippen LogP contribution is -2.42. The summed E-state index contributed by atoms with van der Waals surface area (Å²) in [7, 11) is -3.23. The molecule has 0 spiro atoms. The van der Waals surface area contributed by atoms with E-state index in [9.17, 15) is 8.42 Å². The van der Waals surface area contributed by atoms with Gasteiger partial charge in [-0.3, -0.25) is 0 Å². The highest BCUT2D eigenvalue weighted by Crippen LogP contribution is 2.28. The molecule has 5 heteroatoms. The largest absolute Gasteiger partial charge is 0.252 e. The lowest BCUT2D eigenvalue weighted by molar-refractivity contribution is 0.247. The van der Waals surface area contributed by atoms with Gasteiger partial charge in [-0.25, -0.2) is 8.42 Å². The van der Waals surface area contributed by atoms with Crippen LogP contribution in [0.5, 0.6) is 0 Å². The maximum Gasteiger partial charge on any atom is 0.252 e. The summed E-state index contributed by atoms with van der Waals surface area (Å²) in [4.78, 5) is 0. The molecule has 0 saturated carbocycles. The first kappa shape index (κ1) is 12.1. The molecule has 0 aromatic carbocycles. The molecule has 0 bridgehead atoms. The van der Waals surface area contributed by atoms with Crippen molar-refractivity contribution < 1.29 is 8.42 Å². The number of hydrogen-bond acceptors (Lipinski definition) is 3. The zero-order chi connectivity index (χ0) is 11.6. The van der Waals surface area contributed by atoms with Crippen molar-refractivity contribution in [3.05, 3.63) is 17.5 Å². The normalized spacial score (nSPS) is 23.4. The molecule has 1 fully saturated rings. The highest BCUT2D eigenvalue weighted by atomic mass is 32.2. The van der Waals surface area contributed by atoms with Crippen molar-refractivity contribution in [1.82, 2.24) is 4.31 Å². The fourth-order valence-corrected chi connectivity index (χ4v) is 5.11. The highest BCUT2D eigenvalue weighted by molar-refractivity contribution is 7.91. The summed E-state index contributed by atoms with van der Waals surface area (Å²) in [5.74, 6) is 0. The zero-order valence-corrected chi connectivity index (χ0v) is 11.1. The van der Waals surface area contributed by atoms with Gasteiger partial charge in [0.1, 0.15) is 4.21 Å². The van der Waals surface area contributed by atoms with Crippen LogP contribution in [0, 0.1) is 0 Å². The molecule has 0 amide bonds. The summed E-state index contributed by atoms with van der Waals surface area (Å²) in [6, 6.07) is 3.69. The van der Waals surface area contributed by atoms with E-state index < -0.39 is 10.0 Å². The van der Waals surface area contributed by atoms with E-state index in [1.54, 1.807) is 16.4 Å². The minimum Gasteiger partial charge on any atom is -0.206 e. The molecule has 1 aromatic rings. The van der Waals surface area contributed by atoms with Crippen LogP contribution in [-0.4, -0.2) is 25.3 Å². The average Bonchev–Trinajstić information content (AvgIpc) is 2.83. The molecule has 90 valence electrons. The topological polar surface area (TPSA) is 37.4 Å². The number of hydrogen-bond donors (Lipinski definition) is 0. The second-order valence-electron chi connectivity index (χ2n) is 4.11. The molecule has 1 atom stereocenters. The van der Waals surface area contributed by atoms with Gasteiger partial charge in [-0.1, -0.05) is 19.4 Å². The molecule has 1 aliphatic heterocycles. The molecule has 16 heavy (non-hydrogen) atoms. The summed E-state index contributed by atoms with van der Waals surface area (Å²) in [6.45, 7) is 2.74. The minimum absolute atomic E-state index is 0.195. The lowest BCUT2D eigenvalue weighted by Gasteiger charge is -2.33. The molecule has 1 saturated heterocycles. The first-order valence-electron chi connectivity index (χ1n) is 5.71. The van der Waals surface area contributed by atoms with Crippen LogP contribution in [0.3, 0.4) is 0 Å². The number of sulfonamides is 1. The molecular weight excluding hydrogens is 242 g/mol. The summed E-state index contributed by atoms with van der Waals surface area (Å²) >= 11 is 1.31. The van der Waals surface area contributed by atoms with Gasteiger partial charge in [-0.2, -0.15) is 4.31 Å². The van der Waals surface area contributed by atoms with E-state index in [0.29, 0.717) is 10.8 Å². The van der Waals surface area contributed by atoms with Gasteiger partial charge in [0, 0.05) is 12.6 Å². The van der Waals surface area contributed by atoms with Crippen LogP contribution < -0.4 is 0 Å². The molecular formula is C11H17NO2S2. The minimum atomic E-state index is -3.23. The third kappa shape index (κ3) is 2.17. The Balaban J connectivity index is 2.28. The fourth-order valence-electron chi connectivity index (χ4n) is 2.22. The van der Waals surface area contributed by atoms with E-state index in [1.807, 2.05) is 5.38 Å². The Morgan fingerprint density at radius 1 is 1.50 bits per heavy atom. The van der Waals surface area contributed by atoms with Crippen LogP contribution in [0.1, 0.15) is 32.6 Å². The second kappa shape index (κ2) is 4.85. The van der Waals surface area contributed by atoms with E-state index in [2.05, 4.69) is 6.92 Å². The Morgan fingerprint density at radius 3 is 2.94 bits per heavy atom. The number of rotatable bonds is 3. The Hall–Kier alpha value is -0.390. The average molecular weight is 259 g/mol. The van der Waals surface area contributed by atoms with Crippen LogP contribution in [0.4, 0.5) is 0 Å². The first-order valence-corrected chi connectivity index (χ1v) is 8.03. The number of nitrogens with zero attached hydrogens (tertiary/aromatic N) is 1. The van der Waals surface area contributed by atoms with E-state index >= 15 is 0 Å². The molecule has 0 N–H and O–H groups in total. The third-order valence-corrected chi connectivity index (χ3v) is 6.43. The second-order valence-corrected chi connectivity index (χ2v) is 7.17. The fraction of sp³-hybridized carbons (Fsp3) is 0.636. The molecule has 3 nitrogen and oxygen atoms in total. The lowest BCUT2D eigenvalue weighted by atomic mass is 10.0. The Morgan fingerprint density at radius 2 is 2.31 bits per heavy atom. The van der Waals surface area contributed by atoms with Crippen molar-refractivity contribution in [3.63, 3.8) is 0 Å². The van der Waals surface area contributed by atoms with Gasteiger partial charge in [0.2, 0.25) is 0 Å². The Kier molecular flexibility index (Phi) is 3.66. The maximum atomic E-state index is 12.4. The third-order valence-electron chi connectivity index (χ3n) is 3.10. The predicted octanol–water partition coefficient (Wildman–Crippen LogP) is 2.70. The molecule has 2 heterocycles. The molecule has 0 radical (unpaired) electrons. The van der Waals surface area contributed by atoms with Crippen molar-refractivity contribution in [2.24, 2.45) is 0 Å². The Bertz CT molecular complexity index is 425. The SMILES string of the molecule is CCC1CCCCN1S(=O)(=O)c1cccs1. The number of piperidine rings is 1. The van der Waals surface area contributed by atoms with Gasteiger partial charge in [0.25, 0.3) is 10.0 Å². The quantitative estimate of drug-likeness (QED) is 0.837. The van der Waals surface area contributed by atoms with Gasteiger partial charge in [-0.05, 0) is 30.7 Å². The molecule has 1 aliphatic rings. The van der Waals surface area contributed by atoms with Crippen LogP contribution in [-0.2, 0) is 10.0 Å². The van der Waals surface area contributed by atoms with Crippen LogP contribution in [0.25, 0.3) is 0 Å². The molecule has 1 aromatic heterocycles. The number of thiophene rings is 1. The highest BCUT2D eigenvalue weighted by Gasteiger charge is 2.32. The van der Waals surface area contributed by atoms with Crippen molar-refractivity contribution in [3.8, 4) is 0 Å². The van der Waals surface area contributed by atoms with Crippen LogP contribution in [0.15, 0.2) is 21.7 Å². The standard InChI is InChI=1S/C11H17NO2S2/c1-2-10-6-3-4-8-12(10)16(13,14)11-7-5-9-15-11/h5,7,9-10H,2-4,6,8H2,1H3. The first-order chi connectivity index (χ1) is 7.66. The summed E-state index contributed by atoms with van der Waals surface area (Å²) < 4.78 is 26.9. The van der Waals surface area contributed by atoms with E-state index in [0.717, 1.165) is 25.7 Å². The van der Waals surface area contributed by atoms with Gasteiger partial charge >= 0.3 is 0 Å². The monoisotopic (exact) mass is 259 g/mol. The summed E-state index contributed by atoms with van der Waals surface area (Å²) in [6.07, 6.45) is 4.04. The van der Waals surface area contributed by atoms with Gasteiger partial charge in [-0.15, -0.1) is 11.3 Å². The van der Waals surface area contributed by atoms with Crippen molar-refractivity contribution in [1.29, 1.82) is 0 Å². The smallest absolute Gasteiger partial charge is 0.206 e. The summed E-state index contributed by atoms with van der Waals surface area (Å²) in [5.41, 5.74) is 0. The van der Waals surface area contributed by atoms with Crippen LogP contribution >= 0.6 is 11.3 Å². The molecule has 2 rings (SSSR count). The van der Waals surface area contributed by atoms with Crippen molar-refractivity contribution in [2.75, 3.05) is 6.54 Å². The Labute approximate surface area is 101 Å². The predicted molar refractivity (Wildman–Crippen MR) is 66.1 cm³/mol. The molecule has 0 aliphatic carbocycles. The van der Waals surface area contributed by atoms with Gasteiger partial charge in [0.05, 0.1) is 0 Å². The van der Waals surface area contributed by atoms with Gasteiger partial charge in [0.15, 0.2) is 0 Å². The zero-order valence-electron chi connectivity index (χ0n) is 9.43.